The minimum atomic E-state index is -0.105. The van der Waals surface area contributed by atoms with E-state index >= 15 is 0 Å². The fourth-order valence-electron chi connectivity index (χ4n) is 3.71. The van der Waals surface area contributed by atoms with Crippen LogP contribution in [0.2, 0.25) is 0 Å². The molecule has 3 heterocycles. The summed E-state index contributed by atoms with van der Waals surface area (Å²) in [5.74, 6) is 2.75. The highest BCUT2D eigenvalue weighted by molar-refractivity contribution is 5.84. The molecule has 2 aromatic rings. The fourth-order valence-corrected chi connectivity index (χ4v) is 3.71. The van der Waals surface area contributed by atoms with Gasteiger partial charge in [-0.3, -0.25) is 9.59 Å². The number of piperidine rings is 1. The van der Waals surface area contributed by atoms with E-state index in [0.717, 1.165) is 11.6 Å². The molecule has 2 aliphatic rings. The van der Waals surface area contributed by atoms with Gasteiger partial charge in [-0.2, -0.15) is 4.98 Å². The lowest BCUT2D eigenvalue weighted by Gasteiger charge is -2.37. The smallest absolute Gasteiger partial charge is 0.227 e. The van der Waals surface area contributed by atoms with Gasteiger partial charge in [0.25, 0.3) is 0 Å². The van der Waals surface area contributed by atoms with E-state index in [-0.39, 0.29) is 17.7 Å². The number of nitrogens with zero attached hydrogens (tertiary/aromatic N) is 4. The standard InChI is InChI=1S/C21H25N5O3/c1-15-23-18(13-20(24-15)29-17-5-3-2-4-6-17)25-9-11-26(12-10-25)21(28)16-7-8-19(27)22-14-16/h2-6,13,16H,7-12,14H2,1H3,(H,22,27). The summed E-state index contributed by atoms with van der Waals surface area (Å²) >= 11 is 0. The van der Waals surface area contributed by atoms with Crippen molar-refractivity contribution in [3.8, 4) is 11.6 Å². The number of aromatic nitrogens is 2. The number of carbonyl (C=O) groups excluding carboxylic acids is 2. The molecule has 2 fully saturated rings. The lowest BCUT2D eigenvalue weighted by Crippen LogP contribution is -2.52. The SMILES string of the molecule is Cc1nc(Oc2ccccc2)cc(N2CCN(C(=O)C3CCC(=O)NC3)CC2)n1. The van der Waals surface area contributed by atoms with E-state index < -0.39 is 0 Å². The number of hydrogen-bond donors (Lipinski definition) is 1. The van der Waals surface area contributed by atoms with Gasteiger partial charge in [-0.15, -0.1) is 0 Å². The predicted octanol–water partition coefficient (Wildman–Crippen LogP) is 1.75. The van der Waals surface area contributed by atoms with Crippen LogP contribution in [0.1, 0.15) is 18.7 Å². The van der Waals surface area contributed by atoms with E-state index in [1.54, 1.807) is 0 Å². The van der Waals surface area contributed by atoms with E-state index in [1.165, 1.54) is 0 Å². The van der Waals surface area contributed by atoms with Crippen LogP contribution in [0.4, 0.5) is 5.82 Å². The first kappa shape index (κ1) is 19.2. The fraction of sp³-hybridized carbons (Fsp3) is 0.429. The van der Waals surface area contributed by atoms with Gasteiger partial charge in [-0.25, -0.2) is 4.98 Å². The topological polar surface area (TPSA) is 87.7 Å². The molecular formula is C21H25N5O3. The molecule has 1 aromatic carbocycles. The van der Waals surface area contributed by atoms with E-state index in [1.807, 2.05) is 48.2 Å². The third-order valence-corrected chi connectivity index (χ3v) is 5.30. The van der Waals surface area contributed by atoms with Gasteiger partial charge in [0, 0.05) is 45.2 Å². The van der Waals surface area contributed by atoms with Gasteiger partial charge in [0.2, 0.25) is 17.7 Å². The van der Waals surface area contributed by atoms with Crippen molar-refractivity contribution in [2.45, 2.75) is 19.8 Å². The molecule has 0 spiro atoms. The number of aryl methyl sites for hydroxylation is 1. The summed E-state index contributed by atoms with van der Waals surface area (Å²) in [6.45, 7) is 4.97. The molecule has 1 atom stereocenters. The zero-order valence-electron chi connectivity index (χ0n) is 16.5. The Morgan fingerprint density at radius 1 is 1.14 bits per heavy atom. The molecule has 8 nitrogen and oxygen atoms in total. The number of rotatable bonds is 4. The lowest BCUT2D eigenvalue weighted by atomic mass is 9.97. The van der Waals surface area contributed by atoms with Crippen molar-refractivity contribution in [2.75, 3.05) is 37.6 Å². The summed E-state index contributed by atoms with van der Waals surface area (Å²) in [6.07, 6.45) is 1.07. The van der Waals surface area contributed by atoms with Crippen LogP contribution in [0.15, 0.2) is 36.4 Å². The van der Waals surface area contributed by atoms with Crippen molar-refractivity contribution >= 4 is 17.6 Å². The number of ether oxygens (including phenoxy) is 1. The van der Waals surface area contributed by atoms with Crippen LogP contribution in [-0.2, 0) is 9.59 Å². The van der Waals surface area contributed by atoms with Crippen molar-refractivity contribution in [3.63, 3.8) is 0 Å². The van der Waals surface area contributed by atoms with Gasteiger partial charge < -0.3 is 19.9 Å². The Bertz CT molecular complexity index is 871. The molecule has 0 bridgehead atoms. The Labute approximate surface area is 169 Å². The predicted molar refractivity (Wildman–Crippen MR) is 108 cm³/mol. The van der Waals surface area contributed by atoms with E-state index in [4.69, 9.17) is 4.74 Å². The molecule has 29 heavy (non-hydrogen) atoms. The second-order valence-electron chi connectivity index (χ2n) is 7.38. The average Bonchev–Trinajstić information content (AvgIpc) is 2.74. The molecular weight excluding hydrogens is 370 g/mol. The van der Waals surface area contributed by atoms with Gasteiger partial charge in [0.15, 0.2) is 0 Å². The number of nitrogens with one attached hydrogen (secondary N) is 1. The average molecular weight is 395 g/mol. The van der Waals surface area contributed by atoms with Gasteiger partial charge in [0.05, 0.1) is 5.92 Å². The minimum Gasteiger partial charge on any atom is -0.439 e. The Morgan fingerprint density at radius 2 is 1.90 bits per heavy atom. The lowest BCUT2D eigenvalue weighted by molar-refractivity contribution is -0.137. The van der Waals surface area contributed by atoms with Crippen LogP contribution in [0.3, 0.4) is 0 Å². The number of benzene rings is 1. The molecule has 0 saturated carbocycles. The van der Waals surface area contributed by atoms with Crippen LogP contribution in [0, 0.1) is 12.8 Å². The molecule has 8 heteroatoms. The second kappa shape index (κ2) is 8.46. The molecule has 0 aliphatic carbocycles. The van der Waals surface area contributed by atoms with Crippen molar-refractivity contribution in [1.82, 2.24) is 20.2 Å². The molecule has 1 aromatic heterocycles. The largest absolute Gasteiger partial charge is 0.439 e. The Kier molecular flexibility index (Phi) is 5.59. The molecule has 152 valence electrons. The van der Waals surface area contributed by atoms with Crippen LogP contribution in [-0.4, -0.2) is 59.4 Å². The molecule has 0 radical (unpaired) electrons. The van der Waals surface area contributed by atoms with Crippen molar-refractivity contribution in [2.24, 2.45) is 5.92 Å². The van der Waals surface area contributed by atoms with Crippen molar-refractivity contribution in [1.29, 1.82) is 0 Å². The van der Waals surface area contributed by atoms with Crippen LogP contribution in [0.25, 0.3) is 0 Å². The number of anilines is 1. The van der Waals surface area contributed by atoms with Gasteiger partial charge in [0.1, 0.15) is 17.4 Å². The summed E-state index contributed by atoms with van der Waals surface area (Å²) in [6, 6.07) is 11.4. The molecule has 2 amide bonds. The van der Waals surface area contributed by atoms with Crippen molar-refractivity contribution in [3.05, 3.63) is 42.2 Å². The summed E-state index contributed by atoms with van der Waals surface area (Å²) in [4.78, 5) is 37.0. The van der Waals surface area contributed by atoms with E-state index in [9.17, 15) is 9.59 Å². The Balaban J connectivity index is 1.38. The molecule has 4 rings (SSSR count). The number of hydrogen-bond acceptors (Lipinski definition) is 6. The van der Waals surface area contributed by atoms with E-state index in [2.05, 4.69) is 20.2 Å². The summed E-state index contributed by atoms with van der Waals surface area (Å²) in [5, 5.41) is 2.79. The van der Waals surface area contributed by atoms with Gasteiger partial charge in [-0.05, 0) is 25.5 Å². The highest BCUT2D eigenvalue weighted by atomic mass is 16.5. The van der Waals surface area contributed by atoms with Crippen molar-refractivity contribution < 1.29 is 14.3 Å². The first-order valence-electron chi connectivity index (χ1n) is 9.97. The monoisotopic (exact) mass is 395 g/mol. The zero-order chi connectivity index (χ0) is 20.2. The summed E-state index contributed by atoms with van der Waals surface area (Å²) in [7, 11) is 0. The van der Waals surface area contributed by atoms with Crippen LogP contribution >= 0.6 is 0 Å². The third kappa shape index (κ3) is 4.64. The summed E-state index contributed by atoms with van der Waals surface area (Å²) < 4.78 is 5.86. The highest BCUT2D eigenvalue weighted by Gasteiger charge is 2.30. The van der Waals surface area contributed by atoms with Gasteiger partial charge >= 0.3 is 0 Å². The maximum atomic E-state index is 12.7. The maximum absolute atomic E-state index is 12.7. The van der Waals surface area contributed by atoms with E-state index in [0.29, 0.717) is 57.3 Å². The molecule has 2 aliphatic heterocycles. The Morgan fingerprint density at radius 3 is 2.59 bits per heavy atom. The number of amides is 2. The molecule has 2 saturated heterocycles. The minimum absolute atomic E-state index is 0.0338. The Hall–Kier alpha value is -3.16. The normalized spacial score (nSPS) is 19.6. The van der Waals surface area contributed by atoms with Crippen LogP contribution < -0.4 is 15.0 Å². The van der Waals surface area contributed by atoms with Crippen LogP contribution in [0.5, 0.6) is 11.6 Å². The first-order valence-corrected chi connectivity index (χ1v) is 9.97. The number of carbonyl (C=O) groups is 2. The molecule has 1 N–H and O–H groups in total. The highest BCUT2D eigenvalue weighted by Crippen LogP contribution is 2.24. The number of piperazine rings is 1. The summed E-state index contributed by atoms with van der Waals surface area (Å²) in [5.41, 5.74) is 0. The maximum Gasteiger partial charge on any atom is 0.227 e. The molecule has 1 unspecified atom stereocenters. The quantitative estimate of drug-likeness (QED) is 0.849. The zero-order valence-corrected chi connectivity index (χ0v) is 16.5. The third-order valence-electron chi connectivity index (χ3n) is 5.30. The first-order chi connectivity index (χ1) is 14.1. The number of para-hydroxylation sites is 1. The second-order valence-corrected chi connectivity index (χ2v) is 7.38. The van der Waals surface area contributed by atoms with Gasteiger partial charge in [-0.1, -0.05) is 18.2 Å².